The summed E-state index contributed by atoms with van der Waals surface area (Å²) in [5.41, 5.74) is 5.19. The van der Waals surface area contributed by atoms with Crippen LogP contribution in [0.25, 0.3) is 0 Å². The lowest BCUT2D eigenvalue weighted by Gasteiger charge is -2.11. The third-order valence-electron chi connectivity index (χ3n) is 2.63. The second-order valence-electron chi connectivity index (χ2n) is 4.72. The highest BCUT2D eigenvalue weighted by Gasteiger charge is 2.22. The number of hydrogen-bond acceptors (Lipinski definition) is 4. The molecule has 0 unspecified atom stereocenters. The van der Waals surface area contributed by atoms with E-state index >= 15 is 0 Å². The number of benzene rings is 1. The number of nitrogens with zero attached hydrogens (tertiary/aromatic N) is 1. The van der Waals surface area contributed by atoms with E-state index in [4.69, 9.17) is 5.73 Å². The maximum absolute atomic E-state index is 13.5. The molecule has 0 saturated carbocycles. The van der Waals surface area contributed by atoms with Gasteiger partial charge < -0.3 is 10.6 Å². The van der Waals surface area contributed by atoms with E-state index in [-0.39, 0.29) is 12.2 Å². The van der Waals surface area contributed by atoms with E-state index in [1.165, 1.54) is 0 Å². The summed E-state index contributed by atoms with van der Waals surface area (Å²) in [6.45, 7) is 0.981. The average molecular weight is 307 g/mol. The van der Waals surface area contributed by atoms with Crippen molar-refractivity contribution in [2.45, 2.75) is 17.7 Å². The molecule has 114 valence electrons. The molecule has 0 bridgehead atoms. The normalized spacial score (nSPS) is 12.1. The minimum atomic E-state index is -4.10. The maximum atomic E-state index is 13.5. The first-order valence-corrected chi connectivity index (χ1v) is 7.61. The van der Waals surface area contributed by atoms with Crippen LogP contribution in [0.4, 0.5) is 14.5 Å². The van der Waals surface area contributed by atoms with E-state index in [1.807, 2.05) is 19.0 Å². The van der Waals surface area contributed by atoms with Gasteiger partial charge in [-0.2, -0.15) is 0 Å². The molecular formula is C12H19F2N3O2S. The molecule has 0 saturated heterocycles. The second kappa shape index (κ2) is 6.96. The van der Waals surface area contributed by atoms with E-state index < -0.39 is 26.6 Å². The summed E-state index contributed by atoms with van der Waals surface area (Å²) in [5.74, 6) is -2.70. The maximum Gasteiger partial charge on any atom is 0.243 e. The molecule has 8 heteroatoms. The first-order valence-electron chi connectivity index (χ1n) is 6.13. The third kappa shape index (κ3) is 4.69. The highest BCUT2D eigenvalue weighted by molar-refractivity contribution is 7.89. The van der Waals surface area contributed by atoms with Crippen molar-refractivity contribution in [2.75, 3.05) is 32.9 Å². The lowest BCUT2D eigenvalue weighted by atomic mass is 10.3. The summed E-state index contributed by atoms with van der Waals surface area (Å²) in [6.07, 6.45) is 1.40. The van der Waals surface area contributed by atoms with E-state index in [9.17, 15) is 17.2 Å². The molecule has 0 radical (unpaired) electrons. The number of sulfonamides is 1. The van der Waals surface area contributed by atoms with Crippen molar-refractivity contribution in [1.82, 2.24) is 9.62 Å². The van der Waals surface area contributed by atoms with Crippen LogP contribution in [0.15, 0.2) is 17.0 Å². The monoisotopic (exact) mass is 307 g/mol. The Hall–Kier alpha value is -1.25. The fraction of sp³-hybridized carbons (Fsp3) is 0.500. The molecule has 0 amide bonds. The fourth-order valence-corrected chi connectivity index (χ4v) is 2.81. The first kappa shape index (κ1) is 16.8. The van der Waals surface area contributed by atoms with Crippen molar-refractivity contribution >= 4 is 15.7 Å². The van der Waals surface area contributed by atoms with Gasteiger partial charge in [0.2, 0.25) is 10.0 Å². The third-order valence-corrected chi connectivity index (χ3v) is 4.09. The SMILES string of the molecule is CN(C)CCCCNS(=O)(=O)c1cc(N)cc(F)c1F. The molecule has 5 nitrogen and oxygen atoms in total. The minimum absolute atomic E-state index is 0.142. The van der Waals surface area contributed by atoms with Gasteiger partial charge in [0.25, 0.3) is 0 Å². The summed E-state index contributed by atoms with van der Waals surface area (Å²) < 4.78 is 52.6. The van der Waals surface area contributed by atoms with Crippen LogP contribution < -0.4 is 10.5 Å². The van der Waals surface area contributed by atoms with Gasteiger partial charge in [0.1, 0.15) is 4.90 Å². The van der Waals surface area contributed by atoms with E-state index in [2.05, 4.69) is 4.72 Å². The van der Waals surface area contributed by atoms with Crippen molar-refractivity contribution in [2.24, 2.45) is 0 Å². The molecule has 20 heavy (non-hydrogen) atoms. The van der Waals surface area contributed by atoms with Crippen LogP contribution >= 0.6 is 0 Å². The van der Waals surface area contributed by atoms with Crippen LogP contribution in [0.1, 0.15) is 12.8 Å². The fourth-order valence-electron chi connectivity index (χ4n) is 1.62. The van der Waals surface area contributed by atoms with Gasteiger partial charge in [-0.1, -0.05) is 0 Å². The predicted molar refractivity (Wildman–Crippen MR) is 73.7 cm³/mol. The molecular weight excluding hydrogens is 288 g/mol. The zero-order valence-corrected chi connectivity index (χ0v) is 12.3. The standard InChI is InChI=1S/C12H19F2N3O2S/c1-17(2)6-4-3-5-16-20(18,19)11-8-9(15)7-10(13)12(11)14/h7-8,16H,3-6,15H2,1-2H3. The number of nitrogens with one attached hydrogen (secondary N) is 1. The first-order chi connectivity index (χ1) is 9.24. The molecule has 0 aliphatic heterocycles. The van der Waals surface area contributed by atoms with Crippen molar-refractivity contribution in [3.05, 3.63) is 23.8 Å². The summed E-state index contributed by atoms with van der Waals surface area (Å²) in [5, 5.41) is 0. The summed E-state index contributed by atoms with van der Waals surface area (Å²) in [7, 11) is -0.272. The Labute approximate surface area is 117 Å². The number of rotatable bonds is 7. The lowest BCUT2D eigenvalue weighted by Crippen LogP contribution is -2.26. The largest absolute Gasteiger partial charge is 0.399 e. The van der Waals surface area contributed by atoms with Crippen LogP contribution in [0.5, 0.6) is 0 Å². The smallest absolute Gasteiger partial charge is 0.243 e. The summed E-state index contributed by atoms with van der Waals surface area (Å²) in [6, 6.07) is 1.64. The Bertz CT molecular complexity index is 562. The van der Waals surface area contributed by atoms with Crippen molar-refractivity contribution in [3.8, 4) is 0 Å². The van der Waals surface area contributed by atoms with E-state index in [0.29, 0.717) is 6.42 Å². The molecule has 0 aliphatic rings. The van der Waals surface area contributed by atoms with Crippen LogP contribution in [0.2, 0.25) is 0 Å². The second-order valence-corrected chi connectivity index (χ2v) is 6.46. The van der Waals surface area contributed by atoms with Gasteiger partial charge in [0, 0.05) is 12.2 Å². The molecule has 3 N–H and O–H groups in total. The summed E-state index contributed by atoms with van der Waals surface area (Å²) >= 11 is 0. The average Bonchev–Trinajstić information content (AvgIpc) is 2.32. The summed E-state index contributed by atoms with van der Waals surface area (Å²) in [4.78, 5) is 1.21. The van der Waals surface area contributed by atoms with Crippen molar-refractivity contribution in [1.29, 1.82) is 0 Å². The number of nitrogens with two attached hydrogens (primary N) is 1. The van der Waals surface area contributed by atoms with E-state index in [0.717, 1.165) is 25.1 Å². The molecule has 1 aromatic rings. The molecule has 0 fully saturated rings. The number of halogens is 2. The van der Waals surface area contributed by atoms with E-state index in [1.54, 1.807) is 0 Å². The number of hydrogen-bond donors (Lipinski definition) is 2. The lowest BCUT2D eigenvalue weighted by molar-refractivity contribution is 0.394. The van der Waals surface area contributed by atoms with Crippen LogP contribution in [-0.4, -0.2) is 40.5 Å². The highest BCUT2D eigenvalue weighted by atomic mass is 32.2. The Morgan fingerprint density at radius 3 is 2.50 bits per heavy atom. The van der Waals surface area contributed by atoms with Crippen LogP contribution in [0.3, 0.4) is 0 Å². The zero-order chi connectivity index (χ0) is 15.3. The molecule has 1 aromatic carbocycles. The topological polar surface area (TPSA) is 75.4 Å². The number of nitrogen functional groups attached to an aromatic ring is 1. The van der Waals surface area contributed by atoms with Crippen LogP contribution in [0, 0.1) is 11.6 Å². The van der Waals surface area contributed by atoms with Gasteiger partial charge in [0.05, 0.1) is 0 Å². The molecule has 0 aliphatic carbocycles. The Morgan fingerprint density at radius 2 is 1.90 bits per heavy atom. The minimum Gasteiger partial charge on any atom is -0.399 e. The molecule has 0 spiro atoms. The van der Waals surface area contributed by atoms with Crippen molar-refractivity contribution in [3.63, 3.8) is 0 Å². The molecule has 0 atom stereocenters. The highest BCUT2D eigenvalue weighted by Crippen LogP contribution is 2.20. The Morgan fingerprint density at radius 1 is 1.25 bits per heavy atom. The molecule has 0 heterocycles. The molecule has 1 rings (SSSR count). The quantitative estimate of drug-likeness (QED) is 0.586. The Balaban J connectivity index is 2.70. The molecule has 0 aromatic heterocycles. The number of anilines is 1. The predicted octanol–water partition coefficient (Wildman–Crippen LogP) is 1.17. The van der Waals surface area contributed by atoms with Gasteiger partial charge in [-0.05, 0) is 45.6 Å². The van der Waals surface area contributed by atoms with Gasteiger partial charge in [-0.15, -0.1) is 0 Å². The Kier molecular flexibility index (Phi) is 5.85. The van der Waals surface area contributed by atoms with Crippen molar-refractivity contribution < 1.29 is 17.2 Å². The number of unbranched alkanes of at least 4 members (excludes halogenated alkanes) is 1. The van der Waals surface area contributed by atoms with Gasteiger partial charge in [-0.3, -0.25) is 0 Å². The van der Waals surface area contributed by atoms with Crippen LogP contribution in [-0.2, 0) is 10.0 Å². The zero-order valence-electron chi connectivity index (χ0n) is 11.5. The van der Waals surface area contributed by atoms with Gasteiger partial charge >= 0.3 is 0 Å². The van der Waals surface area contributed by atoms with Gasteiger partial charge in [0.15, 0.2) is 11.6 Å². The van der Waals surface area contributed by atoms with Gasteiger partial charge in [-0.25, -0.2) is 21.9 Å².